The minimum Gasteiger partial charge on any atom is -0.379 e. The van der Waals surface area contributed by atoms with E-state index in [2.05, 4.69) is 11.8 Å². The molecule has 22 heavy (non-hydrogen) atoms. The number of carbonyl (C=O) groups excluding carboxylic acids is 1. The van der Waals surface area contributed by atoms with Gasteiger partial charge in [-0.3, -0.25) is 9.69 Å². The minimum atomic E-state index is -0.102. The molecule has 4 aliphatic rings. The average molecular weight is 307 g/mol. The van der Waals surface area contributed by atoms with Gasteiger partial charge < -0.3 is 9.47 Å². The first-order valence-electron chi connectivity index (χ1n) is 9.20. The van der Waals surface area contributed by atoms with Gasteiger partial charge in [-0.05, 0) is 43.9 Å². The number of morpholine rings is 1. The standard InChI is InChI=1S/C18H29NO3/c1-13-5-6-18(19-7-9-21-10-8-19)16(11-13)14-3-2-4-17(20)15(14)12-22-18/h13-16H,2-12H2,1H3. The molecule has 2 saturated carbocycles. The average Bonchev–Trinajstić information content (AvgIpc) is 2.56. The highest BCUT2D eigenvalue weighted by molar-refractivity contribution is 5.82. The van der Waals surface area contributed by atoms with Crippen molar-refractivity contribution in [1.29, 1.82) is 0 Å². The summed E-state index contributed by atoms with van der Waals surface area (Å²) < 4.78 is 12.1. The van der Waals surface area contributed by atoms with Gasteiger partial charge in [-0.25, -0.2) is 0 Å². The van der Waals surface area contributed by atoms with E-state index in [-0.39, 0.29) is 11.6 Å². The fourth-order valence-corrected chi connectivity index (χ4v) is 5.56. The molecule has 0 bridgehead atoms. The lowest BCUT2D eigenvalue weighted by Gasteiger charge is -2.59. The number of fused-ring (bicyclic) bond motifs is 3. The van der Waals surface area contributed by atoms with Gasteiger partial charge in [0.2, 0.25) is 0 Å². The van der Waals surface area contributed by atoms with Crippen LogP contribution in [0.25, 0.3) is 0 Å². The fraction of sp³-hybridized carbons (Fsp3) is 0.944. The summed E-state index contributed by atoms with van der Waals surface area (Å²) >= 11 is 0. The van der Waals surface area contributed by atoms with Gasteiger partial charge in [0, 0.05) is 31.3 Å². The number of ether oxygens (including phenoxy) is 2. The summed E-state index contributed by atoms with van der Waals surface area (Å²) in [4.78, 5) is 14.9. The van der Waals surface area contributed by atoms with E-state index in [0.717, 1.165) is 51.5 Å². The van der Waals surface area contributed by atoms with E-state index in [0.29, 0.717) is 24.2 Å². The highest BCUT2D eigenvalue weighted by atomic mass is 16.5. The first-order valence-corrected chi connectivity index (χ1v) is 9.20. The molecule has 5 unspecified atom stereocenters. The molecule has 0 aromatic heterocycles. The molecule has 0 spiro atoms. The molecule has 124 valence electrons. The van der Waals surface area contributed by atoms with Gasteiger partial charge in [0.1, 0.15) is 11.5 Å². The molecule has 0 N–H and O–H groups in total. The number of hydrogen-bond acceptors (Lipinski definition) is 4. The largest absolute Gasteiger partial charge is 0.379 e. The third-order valence-corrected chi connectivity index (χ3v) is 6.70. The normalized spacial score (nSPS) is 46.9. The second kappa shape index (κ2) is 5.88. The Bertz CT molecular complexity index is 434. The Morgan fingerprint density at radius 1 is 1.23 bits per heavy atom. The van der Waals surface area contributed by atoms with Gasteiger partial charge in [0.25, 0.3) is 0 Å². The number of hydrogen-bond donors (Lipinski definition) is 0. The summed E-state index contributed by atoms with van der Waals surface area (Å²) in [5.74, 6) is 2.50. The second-order valence-corrected chi connectivity index (χ2v) is 7.87. The molecule has 0 aromatic rings. The molecule has 2 heterocycles. The molecule has 5 atom stereocenters. The molecular formula is C18H29NO3. The molecule has 0 radical (unpaired) electrons. The third-order valence-electron chi connectivity index (χ3n) is 6.70. The van der Waals surface area contributed by atoms with Gasteiger partial charge in [-0.15, -0.1) is 0 Å². The number of nitrogens with zero attached hydrogens (tertiary/aromatic N) is 1. The van der Waals surface area contributed by atoms with Crippen molar-refractivity contribution in [2.24, 2.45) is 23.7 Å². The number of rotatable bonds is 1. The Balaban J connectivity index is 1.64. The van der Waals surface area contributed by atoms with Crippen LogP contribution in [-0.2, 0) is 14.3 Å². The molecule has 2 aliphatic carbocycles. The maximum absolute atomic E-state index is 12.4. The van der Waals surface area contributed by atoms with E-state index in [4.69, 9.17) is 9.47 Å². The Morgan fingerprint density at radius 3 is 2.86 bits per heavy atom. The van der Waals surface area contributed by atoms with Crippen LogP contribution in [0.15, 0.2) is 0 Å². The van der Waals surface area contributed by atoms with Crippen molar-refractivity contribution >= 4 is 5.78 Å². The van der Waals surface area contributed by atoms with Crippen molar-refractivity contribution in [2.45, 2.75) is 51.2 Å². The van der Waals surface area contributed by atoms with E-state index >= 15 is 0 Å². The molecular weight excluding hydrogens is 278 g/mol. The Hall–Kier alpha value is -0.450. The molecule has 0 amide bonds. The number of Topliss-reactive ketones (excluding diaryl/α,β-unsaturated/α-hetero) is 1. The summed E-state index contributed by atoms with van der Waals surface area (Å²) in [6.07, 6.45) is 6.70. The van der Waals surface area contributed by atoms with Crippen LogP contribution in [-0.4, -0.2) is 49.3 Å². The van der Waals surface area contributed by atoms with Crippen LogP contribution in [0.4, 0.5) is 0 Å². The zero-order chi connectivity index (χ0) is 15.2. The SMILES string of the molecule is CC1CCC2(N3CCOCC3)OCC3C(=O)CCCC3C2C1. The predicted molar refractivity (Wildman–Crippen MR) is 83.4 cm³/mol. The van der Waals surface area contributed by atoms with Gasteiger partial charge in [0.15, 0.2) is 0 Å². The van der Waals surface area contributed by atoms with Gasteiger partial charge in [-0.1, -0.05) is 6.92 Å². The summed E-state index contributed by atoms with van der Waals surface area (Å²) in [7, 11) is 0. The molecule has 4 rings (SSSR count). The molecule has 0 aromatic carbocycles. The topological polar surface area (TPSA) is 38.8 Å². The van der Waals surface area contributed by atoms with Crippen LogP contribution in [0.1, 0.15) is 45.4 Å². The van der Waals surface area contributed by atoms with Crippen LogP contribution >= 0.6 is 0 Å². The van der Waals surface area contributed by atoms with E-state index in [1.807, 2.05) is 0 Å². The summed E-state index contributed by atoms with van der Waals surface area (Å²) in [5.41, 5.74) is -0.102. The van der Waals surface area contributed by atoms with Crippen molar-refractivity contribution in [1.82, 2.24) is 4.90 Å². The van der Waals surface area contributed by atoms with Gasteiger partial charge in [-0.2, -0.15) is 0 Å². The quantitative estimate of drug-likeness (QED) is 0.746. The predicted octanol–water partition coefficient (Wildman–Crippen LogP) is 2.47. The smallest absolute Gasteiger partial charge is 0.138 e. The van der Waals surface area contributed by atoms with Crippen molar-refractivity contribution in [2.75, 3.05) is 32.9 Å². The van der Waals surface area contributed by atoms with Gasteiger partial charge >= 0.3 is 0 Å². The lowest BCUT2D eigenvalue weighted by molar-refractivity contribution is -0.274. The lowest BCUT2D eigenvalue weighted by atomic mass is 9.60. The second-order valence-electron chi connectivity index (χ2n) is 7.87. The number of ketones is 1. The van der Waals surface area contributed by atoms with Crippen molar-refractivity contribution in [3.8, 4) is 0 Å². The molecule has 2 saturated heterocycles. The zero-order valence-electron chi connectivity index (χ0n) is 13.8. The molecule has 4 fully saturated rings. The highest BCUT2D eigenvalue weighted by Crippen LogP contribution is 2.53. The molecule has 2 aliphatic heterocycles. The van der Waals surface area contributed by atoms with Crippen LogP contribution in [0, 0.1) is 23.7 Å². The zero-order valence-corrected chi connectivity index (χ0v) is 13.8. The third kappa shape index (κ3) is 2.35. The Kier molecular flexibility index (Phi) is 4.04. The molecule has 4 nitrogen and oxygen atoms in total. The van der Waals surface area contributed by atoms with Crippen LogP contribution in [0.2, 0.25) is 0 Å². The number of carbonyl (C=O) groups is 1. The van der Waals surface area contributed by atoms with Gasteiger partial charge in [0.05, 0.1) is 19.8 Å². The van der Waals surface area contributed by atoms with E-state index in [9.17, 15) is 4.79 Å². The summed E-state index contributed by atoms with van der Waals surface area (Å²) in [6, 6.07) is 0. The van der Waals surface area contributed by atoms with Crippen LogP contribution < -0.4 is 0 Å². The minimum absolute atomic E-state index is 0.102. The first-order chi connectivity index (χ1) is 10.7. The van der Waals surface area contributed by atoms with E-state index in [1.54, 1.807) is 0 Å². The summed E-state index contributed by atoms with van der Waals surface area (Å²) in [6.45, 7) is 6.64. The van der Waals surface area contributed by atoms with Crippen molar-refractivity contribution < 1.29 is 14.3 Å². The van der Waals surface area contributed by atoms with Crippen molar-refractivity contribution in [3.63, 3.8) is 0 Å². The molecule has 4 heteroatoms. The van der Waals surface area contributed by atoms with E-state index < -0.39 is 0 Å². The van der Waals surface area contributed by atoms with Crippen LogP contribution in [0.5, 0.6) is 0 Å². The monoisotopic (exact) mass is 307 g/mol. The van der Waals surface area contributed by atoms with E-state index in [1.165, 1.54) is 19.3 Å². The maximum atomic E-state index is 12.4. The first kappa shape index (κ1) is 15.1. The summed E-state index contributed by atoms with van der Waals surface area (Å²) in [5, 5.41) is 0. The lowest BCUT2D eigenvalue weighted by Crippen LogP contribution is -2.66. The highest BCUT2D eigenvalue weighted by Gasteiger charge is 2.57. The van der Waals surface area contributed by atoms with Crippen molar-refractivity contribution in [3.05, 3.63) is 0 Å². The van der Waals surface area contributed by atoms with Crippen LogP contribution in [0.3, 0.4) is 0 Å². The fourth-order valence-electron chi connectivity index (χ4n) is 5.56. The Labute approximate surface area is 133 Å². The Morgan fingerprint density at radius 2 is 2.05 bits per heavy atom. The maximum Gasteiger partial charge on any atom is 0.138 e.